The average molecular weight is 234 g/mol. The van der Waals surface area contributed by atoms with Crippen molar-refractivity contribution in [3.63, 3.8) is 0 Å². The molecule has 0 aromatic heterocycles. The molecule has 17 heavy (non-hydrogen) atoms. The summed E-state index contributed by atoms with van der Waals surface area (Å²) in [5.74, 6) is 2.50. The van der Waals surface area contributed by atoms with Gasteiger partial charge in [0.15, 0.2) is 5.78 Å². The molecule has 0 radical (unpaired) electrons. The van der Waals surface area contributed by atoms with E-state index in [-0.39, 0.29) is 0 Å². The maximum absolute atomic E-state index is 12.4. The van der Waals surface area contributed by atoms with E-state index >= 15 is 0 Å². The van der Waals surface area contributed by atoms with Crippen molar-refractivity contribution in [3.8, 4) is 0 Å². The highest BCUT2D eigenvalue weighted by Gasteiger charge is 2.29. The Morgan fingerprint density at radius 3 is 2.41 bits per heavy atom. The summed E-state index contributed by atoms with van der Waals surface area (Å²) in [6, 6.07) is 0. The van der Waals surface area contributed by atoms with Crippen molar-refractivity contribution in [2.24, 2.45) is 17.8 Å². The first kappa shape index (κ1) is 12.9. The standard InChI is InChI=1S/C16H26O/c1-12(2)13-8-10-15(11-9-13)16(17)14-6-4-3-5-7-14/h6,12-13,15H,3-5,7-11H2,1-2H3. The first-order valence-electron chi connectivity index (χ1n) is 7.41. The van der Waals surface area contributed by atoms with Crippen LogP contribution in [-0.2, 0) is 4.79 Å². The highest BCUT2D eigenvalue weighted by atomic mass is 16.1. The highest BCUT2D eigenvalue weighted by Crippen LogP contribution is 2.35. The molecule has 0 aliphatic heterocycles. The van der Waals surface area contributed by atoms with E-state index in [2.05, 4.69) is 19.9 Å². The lowest BCUT2D eigenvalue weighted by Crippen LogP contribution is -2.25. The van der Waals surface area contributed by atoms with Gasteiger partial charge >= 0.3 is 0 Å². The Labute approximate surface area is 106 Å². The first-order valence-corrected chi connectivity index (χ1v) is 7.41. The number of hydrogen-bond acceptors (Lipinski definition) is 1. The molecule has 2 rings (SSSR count). The van der Waals surface area contributed by atoms with Gasteiger partial charge in [-0.15, -0.1) is 0 Å². The number of allylic oxidation sites excluding steroid dienone is 2. The lowest BCUT2D eigenvalue weighted by molar-refractivity contribution is -0.120. The molecule has 1 nitrogen and oxygen atoms in total. The lowest BCUT2D eigenvalue weighted by atomic mass is 9.74. The zero-order chi connectivity index (χ0) is 12.3. The van der Waals surface area contributed by atoms with Crippen LogP contribution in [0.5, 0.6) is 0 Å². The van der Waals surface area contributed by atoms with E-state index in [1.54, 1.807) is 0 Å². The zero-order valence-corrected chi connectivity index (χ0v) is 11.4. The summed E-state index contributed by atoms with van der Waals surface area (Å²) in [5, 5.41) is 0. The first-order chi connectivity index (χ1) is 8.18. The van der Waals surface area contributed by atoms with Gasteiger partial charge < -0.3 is 0 Å². The smallest absolute Gasteiger partial charge is 0.161 e. The topological polar surface area (TPSA) is 17.1 Å². The van der Waals surface area contributed by atoms with Crippen LogP contribution >= 0.6 is 0 Å². The minimum Gasteiger partial charge on any atom is -0.294 e. The molecule has 0 bridgehead atoms. The Morgan fingerprint density at radius 2 is 1.88 bits per heavy atom. The molecule has 96 valence electrons. The number of Topliss-reactive ketones (excluding diaryl/α,β-unsaturated/α-hetero) is 1. The van der Waals surface area contributed by atoms with Crippen LogP contribution in [0.15, 0.2) is 11.6 Å². The fourth-order valence-corrected chi connectivity index (χ4v) is 3.37. The lowest BCUT2D eigenvalue weighted by Gasteiger charge is -2.30. The molecular formula is C16H26O. The van der Waals surface area contributed by atoms with Crippen LogP contribution in [0, 0.1) is 17.8 Å². The van der Waals surface area contributed by atoms with Gasteiger partial charge in [-0.2, -0.15) is 0 Å². The fourth-order valence-electron chi connectivity index (χ4n) is 3.37. The molecule has 0 spiro atoms. The Kier molecular flexibility index (Phi) is 4.42. The van der Waals surface area contributed by atoms with Crippen molar-refractivity contribution in [1.82, 2.24) is 0 Å². The quantitative estimate of drug-likeness (QED) is 0.701. The average Bonchev–Trinajstić information content (AvgIpc) is 2.39. The molecule has 0 heterocycles. The van der Waals surface area contributed by atoms with E-state index in [4.69, 9.17) is 0 Å². The summed E-state index contributed by atoms with van der Waals surface area (Å²) in [4.78, 5) is 12.4. The van der Waals surface area contributed by atoms with Crippen LogP contribution in [-0.4, -0.2) is 5.78 Å². The fraction of sp³-hybridized carbons (Fsp3) is 0.812. The third kappa shape index (κ3) is 3.20. The van der Waals surface area contributed by atoms with Gasteiger partial charge in [-0.25, -0.2) is 0 Å². The van der Waals surface area contributed by atoms with Crippen molar-refractivity contribution in [2.75, 3.05) is 0 Å². The van der Waals surface area contributed by atoms with Crippen LogP contribution in [0.4, 0.5) is 0 Å². The van der Waals surface area contributed by atoms with Gasteiger partial charge in [-0.1, -0.05) is 19.9 Å². The molecule has 2 aliphatic carbocycles. The zero-order valence-electron chi connectivity index (χ0n) is 11.4. The normalized spacial score (nSPS) is 30.2. The monoisotopic (exact) mass is 234 g/mol. The Bertz CT molecular complexity index is 293. The van der Waals surface area contributed by atoms with Crippen molar-refractivity contribution in [2.45, 2.75) is 65.2 Å². The molecule has 0 amide bonds. The number of ketones is 1. The molecular weight excluding hydrogens is 208 g/mol. The molecule has 0 aromatic rings. The largest absolute Gasteiger partial charge is 0.294 e. The van der Waals surface area contributed by atoms with E-state index < -0.39 is 0 Å². The van der Waals surface area contributed by atoms with Crippen LogP contribution in [0.25, 0.3) is 0 Å². The second kappa shape index (κ2) is 5.84. The van der Waals surface area contributed by atoms with Crippen LogP contribution < -0.4 is 0 Å². The van der Waals surface area contributed by atoms with Gasteiger partial charge in [0, 0.05) is 5.92 Å². The van der Waals surface area contributed by atoms with Crippen molar-refractivity contribution >= 4 is 5.78 Å². The molecule has 0 aromatic carbocycles. The molecule has 0 unspecified atom stereocenters. The molecule has 0 saturated heterocycles. The number of rotatable bonds is 3. The van der Waals surface area contributed by atoms with Crippen molar-refractivity contribution in [1.29, 1.82) is 0 Å². The summed E-state index contributed by atoms with van der Waals surface area (Å²) in [6.45, 7) is 4.63. The molecule has 1 fully saturated rings. The summed E-state index contributed by atoms with van der Waals surface area (Å²) in [6.07, 6.45) is 11.7. The second-order valence-electron chi connectivity index (χ2n) is 6.20. The second-order valence-corrected chi connectivity index (χ2v) is 6.20. The maximum Gasteiger partial charge on any atom is 0.161 e. The van der Waals surface area contributed by atoms with E-state index in [0.29, 0.717) is 11.7 Å². The minimum absolute atomic E-state index is 0.356. The Balaban J connectivity index is 1.88. The predicted octanol–water partition coefficient (Wildman–Crippen LogP) is 4.52. The third-order valence-corrected chi connectivity index (χ3v) is 4.69. The highest BCUT2D eigenvalue weighted by molar-refractivity contribution is 5.97. The molecule has 1 saturated carbocycles. The van der Waals surface area contributed by atoms with Gasteiger partial charge in [0.1, 0.15) is 0 Å². The maximum atomic E-state index is 12.4. The van der Waals surface area contributed by atoms with E-state index in [1.165, 1.54) is 25.7 Å². The number of carbonyl (C=O) groups is 1. The molecule has 2 aliphatic rings. The number of hydrogen-bond donors (Lipinski definition) is 0. The number of carbonyl (C=O) groups excluding carboxylic acids is 1. The van der Waals surface area contributed by atoms with E-state index in [9.17, 15) is 4.79 Å². The molecule has 1 heteroatoms. The third-order valence-electron chi connectivity index (χ3n) is 4.69. The van der Waals surface area contributed by atoms with Crippen LogP contribution in [0.1, 0.15) is 65.2 Å². The van der Waals surface area contributed by atoms with E-state index in [1.807, 2.05) is 0 Å². The van der Waals surface area contributed by atoms with Gasteiger partial charge in [0.2, 0.25) is 0 Å². The minimum atomic E-state index is 0.356. The van der Waals surface area contributed by atoms with Crippen molar-refractivity contribution < 1.29 is 4.79 Å². The Hall–Kier alpha value is -0.590. The Morgan fingerprint density at radius 1 is 1.18 bits per heavy atom. The van der Waals surface area contributed by atoms with E-state index in [0.717, 1.165) is 43.1 Å². The van der Waals surface area contributed by atoms with Gasteiger partial charge in [-0.05, 0) is 68.8 Å². The summed E-state index contributed by atoms with van der Waals surface area (Å²) < 4.78 is 0. The van der Waals surface area contributed by atoms with Crippen LogP contribution in [0.2, 0.25) is 0 Å². The SMILES string of the molecule is CC(C)C1CCC(C(=O)C2=CCCCC2)CC1. The summed E-state index contributed by atoms with van der Waals surface area (Å²) >= 11 is 0. The molecule has 0 N–H and O–H groups in total. The van der Waals surface area contributed by atoms with Gasteiger partial charge in [0.05, 0.1) is 0 Å². The van der Waals surface area contributed by atoms with Gasteiger partial charge in [0.25, 0.3) is 0 Å². The van der Waals surface area contributed by atoms with Crippen LogP contribution in [0.3, 0.4) is 0 Å². The summed E-state index contributed by atoms with van der Waals surface area (Å²) in [7, 11) is 0. The summed E-state index contributed by atoms with van der Waals surface area (Å²) in [5.41, 5.74) is 1.16. The van der Waals surface area contributed by atoms with Crippen molar-refractivity contribution in [3.05, 3.63) is 11.6 Å². The predicted molar refractivity (Wildman–Crippen MR) is 71.8 cm³/mol. The molecule has 0 atom stereocenters. The van der Waals surface area contributed by atoms with Gasteiger partial charge in [-0.3, -0.25) is 4.79 Å².